The van der Waals surface area contributed by atoms with E-state index in [4.69, 9.17) is 4.74 Å². The molecule has 1 aliphatic heterocycles. The fourth-order valence-corrected chi connectivity index (χ4v) is 2.69. The van der Waals surface area contributed by atoms with Crippen LogP contribution < -0.4 is 9.64 Å². The quantitative estimate of drug-likeness (QED) is 0.874. The Hall–Kier alpha value is -2.62. The van der Waals surface area contributed by atoms with Gasteiger partial charge < -0.3 is 9.64 Å². The van der Waals surface area contributed by atoms with Gasteiger partial charge in [0.25, 0.3) is 5.91 Å². The summed E-state index contributed by atoms with van der Waals surface area (Å²) in [5.41, 5.74) is 2.28. The van der Waals surface area contributed by atoms with E-state index < -0.39 is 0 Å². The van der Waals surface area contributed by atoms with Gasteiger partial charge in [0.2, 0.25) is 0 Å². The molecule has 112 valence electrons. The fourth-order valence-electron chi connectivity index (χ4n) is 2.69. The van der Waals surface area contributed by atoms with Crippen molar-refractivity contribution in [1.82, 2.24) is 0 Å². The third-order valence-corrected chi connectivity index (χ3v) is 3.78. The molecule has 22 heavy (non-hydrogen) atoms. The van der Waals surface area contributed by atoms with Crippen molar-refractivity contribution in [2.24, 2.45) is 0 Å². The maximum atomic E-state index is 12.5. The second kappa shape index (κ2) is 6.02. The molecule has 0 aromatic heterocycles. The predicted octanol–water partition coefficient (Wildman–Crippen LogP) is 2.99. The van der Waals surface area contributed by atoms with Gasteiger partial charge in [-0.25, -0.2) is 0 Å². The van der Waals surface area contributed by atoms with E-state index in [1.807, 2.05) is 49.4 Å². The molecule has 0 atom stereocenters. The second-order valence-electron chi connectivity index (χ2n) is 5.29. The van der Waals surface area contributed by atoms with Crippen molar-refractivity contribution in [3.05, 3.63) is 59.7 Å². The lowest BCUT2D eigenvalue weighted by molar-refractivity contribution is -0.120. The van der Waals surface area contributed by atoms with Gasteiger partial charge in [-0.2, -0.15) is 0 Å². The van der Waals surface area contributed by atoms with Crippen LogP contribution in [0.25, 0.3) is 0 Å². The first-order valence-corrected chi connectivity index (χ1v) is 7.28. The number of rotatable bonds is 3. The molecule has 0 saturated heterocycles. The molecule has 4 heteroatoms. The Labute approximate surface area is 129 Å². The largest absolute Gasteiger partial charge is 0.484 e. The Bertz CT molecular complexity index is 710. The number of ketones is 1. The van der Waals surface area contributed by atoms with Crippen LogP contribution in [0.5, 0.6) is 5.75 Å². The summed E-state index contributed by atoms with van der Waals surface area (Å²) >= 11 is 0. The third kappa shape index (κ3) is 2.72. The average Bonchev–Trinajstić information content (AvgIpc) is 2.55. The van der Waals surface area contributed by atoms with Crippen molar-refractivity contribution < 1.29 is 14.3 Å². The number of fused-ring (bicyclic) bond motifs is 1. The van der Waals surface area contributed by atoms with Gasteiger partial charge in [0.1, 0.15) is 5.75 Å². The molecule has 2 aromatic rings. The average molecular weight is 295 g/mol. The van der Waals surface area contributed by atoms with E-state index in [1.165, 1.54) is 0 Å². The zero-order chi connectivity index (χ0) is 15.5. The summed E-state index contributed by atoms with van der Waals surface area (Å²) in [5.74, 6) is 0.618. The highest BCUT2D eigenvalue weighted by Gasteiger charge is 2.28. The van der Waals surface area contributed by atoms with Crippen LogP contribution in [0.15, 0.2) is 48.5 Å². The standard InChI is InChI=1S/C18H17NO3/c1-13-6-5-9-15-16(20)10-11-19(18(13)15)17(21)12-22-14-7-3-2-4-8-14/h2-9H,10-12H2,1H3. The molecule has 0 spiro atoms. The molecule has 0 fully saturated rings. The SMILES string of the molecule is Cc1cccc2c1N(C(=O)COc1ccccc1)CCC2=O. The molecule has 0 aliphatic carbocycles. The molecule has 1 aliphatic rings. The Morgan fingerprint density at radius 1 is 1.14 bits per heavy atom. The third-order valence-electron chi connectivity index (χ3n) is 3.78. The molecule has 1 heterocycles. The summed E-state index contributed by atoms with van der Waals surface area (Å²) in [6, 6.07) is 14.8. The van der Waals surface area contributed by atoms with Crippen LogP contribution >= 0.6 is 0 Å². The predicted molar refractivity (Wildman–Crippen MR) is 84.4 cm³/mol. The molecule has 0 radical (unpaired) electrons. The van der Waals surface area contributed by atoms with E-state index in [2.05, 4.69) is 0 Å². The molecule has 0 N–H and O–H groups in total. The number of benzene rings is 2. The van der Waals surface area contributed by atoms with Crippen molar-refractivity contribution in [1.29, 1.82) is 0 Å². The Balaban J connectivity index is 1.79. The van der Waals surface area contributed by atoms with Crippen LogP contribution in [-0.2, 0) is 4.79 Å². The van der Waals surface area contributed by atoms with Crippen LogP contribution in [0.4, 0.5) is 5.69 Å². The first-order valence-electron chi connectivity index (χ1n) is 7.28. The highest BCUT2D eigenvalue weighted by molar-refractivity contribution is 6.09. The zero-order valence-corrected chi connectivity index (χ0v) is 12.4. The summed E-state index contributed by atoms with van der Waals surface area (Å²) < 4.78 is 5.53. The van der Waals surface area contributed by atoms with E-state index >= 15 is 0 Å². The van der Waals surface area contributed by atoms with Gasteiger partial charge >= 0.3 is 0 Å². The Morgan fingerprint density at radius 3 is 2.68 bits per heavy atom. The highest BCUT2D eigenvalue weighted by Crippen LogP contribution is 2.30. The number of hydrogen-bond acceptors (Lipinski definition) is 3. The fraction of sp³-hybridized carbons (Fsp3) is 0.222. The van der Waals surface area contributed by atoms with E-state index in [0.717, 1.165) is 11.3 Å². The molecule has 0 bridgehead atoms. The van der Waals surface area contributed by atoms with Crippen LogP contribution in [0, 0.1) is 6.92 Å². The molecule has 1 amide bonds. The number of Topliss-reactive ketones (excluding diaryl/α,β-unsaturated/α-hetero) is 1. The van der Waals surface area contributed by atoms with Crippen molar-refractivity contribution in [3.63, 3.8) is 0 Å². The van der Waals surface area contributed by atoms with E-state index in [9.17, 15) is 9.59 Å². The molecular weight excluding hydrogens is 278 g/mol. The maximum absolute atomic E-state index is 12.5. The molecule has 0 unspecified atom stereocenters. The molecule has 2 aromatic carbocycles. The minimum Gasteiger partial charge on any atom is -0.484 e. The summed E-state index contributed by atoms with van der Waals surface area (Å²) in [7, 11) is 0. The summed E-state index contributed by atoms with van der Waals surface area (Å²) in [6.07, 6.45) is 0.355. The van der Waals surface area contributed by atoms with Gasteiger partial charge in [-0.3, -0.25) is 9.59 Å². The van der Waals surface area contributed by atoms with Gasteiger partial charge in [0, 0.05) is 18.5 Å². The lowest BCUT2D eigenvalue weighted by atomic mass is 9.97. The normalized spacial score (nSPS) is 13.7. The van der Waals surface area contributed by atoms with E-state index in [0.29, 0.717) is 24.3 Å². The van der Waals surface area contributed by atoms with Crippen molar-refractivity contribution in [2.75, 3.05) is 18.1 Å². The number of amides is 1. The van der Waals surface area contributed by atoms with E-state index in [-0.39, 0.29) is 18.3 Å². The number of carbonyl (C=O) groups excluding carboxylic acids is 2. The van der Waals surface area contributed by atoms with Gasteiger partial charge in [0.15, 0.2) is 12.4 Å². The number of nitrogens with zero attached hydrogens (tertiary/aromatic N) is 1. The molecule has 0 saturated carbocycles. The van der Waals surface area contributed by atoms with Gasteiger partial charge in [0.05, 0.1) is 5.69 Å². The number of aryl methyl sites for hydroxylation is 1. The number of hydrogen-bond donors (Lipinski definition) is 0. The zero-order valence-electron chi connectivity index (χ0n) is 12.4. The Morgan fingerprint density at radius 2 is 1.91 bits per heavy atom. The van der Waals surface area contributed by atoms with Gasteiger partial charge in [-0.1, -0.05) is 30.3 Å². The number of para-hydroxylation sites is 2. The summed E-state index contributed by atoms with van der Waals surface area (Å²) in [6.45, 7) is 2.29. The maximum Gasteiger partial charge on any atom is 0.264 e. The lowest BCUT2D eigenvalue weighted by Crippen LogP contribution is -2.40. The van der Waals surface area contributed by atoms with Crippen molar-refractivity contribution >= 4 is 17.4 Å². The number of ether oxygens (including phenoxy) is 1. The molecular formula is C18H17NO3. The molecule has 3 rings (SSSR count). The topological polar surface area (TPSA) is 46.6 Å². The summed E-state index contributed by atoms with van der Waals surface area (Å²) in [4.78, 5) is 26.2. The minimum absolute atomic E-state index is 0.0357. The Kier molecular flexibility index (Phi) is 3.92. The smallest absolute Gasteiger partial charge is 0.264 e. The van der Waals surface area contributed by atoms with Gasteiger partial charge in [-0.15, -0.1) is 0 Å². The van der Waals surface area contributed by atoms with Crippen molar-refractivity contribution in [3.8, 4) is 5.75 Å². The van der Waals surface area contributed by atoms with Crippen LogP contribution in [0.2, 0.25) is 0 Å². The summed E-state index contributed by atoms with van der Waals surface area (Å²) in [5, 5.41) is 0. The minimum atomic E-state index is -0.132. The first kappa shape index (κ1) is 14.3. The van der Waals surface area contributed by atoms with Crippen LogP contribution in [0.3, 0.4) is 0 Å². The molecule has 4 nitrogen and oxygen atoms in total. The monoisotopic (exact) mass is 295 g/mol. The van der Waals surface area contributed by atoms with Gasteiger partial charge in [-0.05, 0) is 30.7 Å². The second-order valence-corrected chi connectivity index (χ2v) is 5.29. The van der Waals surface area contributed by atoms with Crippen molar-refractivity contribution in [2.45, 2.75) is 13.3 Å². The van der Waals surface area contributed by atoms with Crippen LogP contribution in [-0.4, -0.2) is 24.8 Å². The number of anilines is 1. The first-order chi connectivity index (χ1) is 10.7. The lowest BCUT2D eigenvalue weighted by Gasteiger charge is -2.30. The highest BCUT2D eigenvalue weighted by atomic mass is 16.5. The van der Waals surface area contributed by atoms with Crippen LogP contribution in [0.1, 0.15) is 22.3 Å². The number of carbonyl (C=O) groups is 2. The van der Waals surface area contributed by atoms with E-state index in [1.54, 1.807) is 11.0 Å².